The number of amides is 3. The van der Waals surface area contributed by atoms with E-state index in [4.69, 9.17) is 14.2 Å². The molecule has 0 aliphatic carbocycles. The molecule has 296 valence electrons. The Kier molecular flexibility index (Phi) is 10.3. The summed E-state index contributed by atoms with van der Waals surface area (Å²) in [6.45, 7) is 0.920. The normalized spacial score (nSPS) is 14.5. The molecule has 1 fully saturated rings. The van der Waals surface area contributed by atoms with Crippen molar-refractivity contribution in [3.05, 3.63) is 102 Å². The van der Waals surface area contributed by atoms with E-state index in [1.54, 1.807) is 60.0 Å². The lowest BCUT2D eigenvalue weighted by Gasteiger charge is -2.20. The monoisotopic (exact) mass is 782 g/mol. The summed E-state index contributed by atoms with van der Waals surface area (Å²) in [6, 6.07) is 20.0. The summed E-state index contributed by atoms with van der Waals surface area (Å²) in [5, 5.41) is 6.52. The topological polar surface area (TPSA) is 163 Å². The molecule has 6 aromatic rings. The molecule has 1 unspecified atom stereocenters. The second-order valence-corrected chi connectivity index (χ2v) is 14.2. The van der Waals surface area contributed by atoms with Gasteiger partial charge in [-0.15, -0.1) is 0 Å². The summed E-state index contributed by atoms with van der Waals surface area (Å²) >= 11 is 0. The van der Waals surface area contributed by atoms with Crippen LogP contribution < -0.4 is 24.8 Å². The molecule has 8 rings (SSSR count). The largest absolute Gasteiger partial charge is 0.497 e. The molecule has 2 aliphatic heterocycles. The number of fused-ring (bicyclic) bond motifs is 3. The SMILES string of the molecule is COc1ccc2c(ccn2C(=O)c2cc(-c3ccc(NC(=O)c4nc(NC(=O)CCCOc5cc6c(cc5OC)C(=O)N5CCCC5C=N6)cn4C)cc3)cn2C)c1. The molecule has 0 saturated carbocycles. The number of hydrogen-bond donors (Lipinski definition) is 2. The van der Waals surface area contributed by atoms with E-state index < -0.39 is 5.91 Å². The van der Waals surface area contributed by atoms with Crippen LogP contribution in [0.2, 0.25) is 0 Å². The van der Waals surface area contributed by atoms with Crippen molar-refractivity contribution in [2.75, 3.05) is 38.0 Å². The van der Waals surface area contributed by atoms with Gasteiger partial charge in [-0.2, -0.15) is 0 Å². The lowest BCUT2D eigenvalue weighted by Crippen LogP contribution is -2.35. The Morgan fingerprint density at radius 3 is 2.50 bits per heavy atom. The van der Waals surface area contributed by atoms with Gasteiger partial charge in [0.05, 0.1) is 43.6 Å². The predicted octanol–water partition coefficient (Wildman–Crippen LogP) is 6.46. The summed E-state index contributed by atoms with van der Waals surface area (Å²) in [4.78, 5) is 63.5. The van der Waals surface area contributed by atoms with Gasteiger partial charge < -0.3 is 38.9 Å². The molecule has 0 bridgehead atoms. The van der Waals surface area contributed by atoms with Crippen molar-refractivity contribution < 1.29 is 33.4 Å². The first kappa shape index (κ1) is 37.7. The lowest BCUT2D eigenvalue weighted by molar-refractivity contribution is -0.116. The number of nitrogens with zero attached hydrogens (tertiary/aromatic N) is 6. The Labute approximate surface area is 333 Å². The number of nitrogens with one attached hydrogen (secondary N) is 2. The highest BCUT2D eigenvalue weighted by molar-refractivity contribution is 6.05. The van der Waals surface area contributed by atoms with Gasteiger partial charge in [-0.05, 0) is 73.4 Å². The number of imidazole rings is 1. The maximum absolute atomic E-state index is 13.6. The summed E-state index contributed by atoms with van der Waals surface area (Å²) in [5.41, 5.74) is 4.57. The zero-order valence-corrected chi connectivity index (χ0v) is 32.5. The van der Waals surface area contributed by atoms with Crippen molar-refractivity contribution in [1.29, 1.82) is 0 Å². The number of benzene rings is 3. The highest BCUT2D eigenvalue weighted by Gasteiger charge is 2.32. The van der Waals surface area contributed by atoms with Crippen LogP contribution in [0.3, 0.4) is 0 Å². The number of aromatic nitrogens is 4. The predicted molar refractivity (Wildman–Crippen MR) is 219 cm³/mol. The number of carbonyl (C=O) groups is 4. The maximum atomic E-state index is 13.6. The third kappa shape index (κ3) is 7.41. The number of aliphatic imine (C=N–C) groups is 1. The Morgan fingerprint density at radius 2 is 1.71 bits per heavy atom. The number of hydrogen-bond acceptors (Lipinski definition) is 9. The number of rotatable bonds is 12. The molecule has 3 aromatic heterocycles. The minimum atomic E-state index is -0.450. The number of aryl methyl sites for hydroxylation is 2. The first-order valence-corrected chi connectivity index (χ1v) is 18.9. The molecule has 0 radical (unpaired) electrons. The van der Waals surface area contributed by atoms with E-state index in [0.717, 1.165) is 40.6 Å². The van der Waals surface area contributed by atoms with Gasteiger partial charge in [0.2, 0.25) is 11.7 Å². The van der Waals surface area contributed by atoms with Gasteiger partial charge >= 0.3 is 0 Å². The van der Waals surface area contributed by atoms with Gasteiger partial charge in [0.1, 0.15) is 11.4 Å². The molecule has 15 heteroatoms. The minimum Gasteiger partial charge on any atom is -0.497 e. The third-order valence-electron chi connectivity index (χ3n) is 10.4. The summed E-state index contributed by atoms with van der Waals surface area (Å²) in [5.74, 6) is 0.965. The molecule has 1 saturated heterocycles. The van der Waals surface area contributed by atoms with E-state index in [9.17, 15) is 19.2 Å². The van der Waals surface area contributed by atoms with Gasteiger partial charge in [0.25, 0.3) is 17.7 Å². The number of anilines is 2. The van der Waals surface area contributed by atoms with Gasteiger partial charge in [-0.1, -0.05) is 12.1 Å². The third-order valence-corrected chi connectivity index (χ3v) is 10.4. The van der Waals surface area contributed by atoms with E-state index in [-0.39, 0.29) is 48.4 Å². The van der Waals surface area contributed by atoms with Crippen LogP contribution in [0, 0.1) is 0 Å². The van der Waals surface area contributed by atoms with Gasteiger partial charge in [0, 0.05) is 74.6 Å². The number of ether oxygens (including phenoxy) is 3. The van der Waals surface area contributed by atoms with Crippen LogP contribution in [0.25, 0.3) is 22.0 Å². The zero-order chi connectivity index (χ0) is 40.5. The van der Waals surface area contributed by atoms with Crippen LogP contribution >= 0.6 is 0 Å². The van der Waals surface area contributed by atoms with Crippen LogP contribution in [-0.2, 0) is 18.9 Å². The van der Waals surface area contributed by atoms with Crippen molar-refractivity contribution in [3.8, 4) is 28.4 Å². The average molecular weight is 783 g/mol. The standard InChI is InChI=1S/C43H42N8O7/c1-48-24-28(20-35(48)43(55)51-17-15-27-19-31(56-3)13-14-34(27)51)26-9-11-29(12-10-26)45-41(53)40-47-38(25-49(40)2)46-39(52)8-6-18-58-37-22-33-32(21-36(37)57-4)42(54)50-16-5-7-30(50)23-44-33/h9-15,17,19-25,30H,5-8,16,18H2,1-4H3,(H,45,53)(H,46,52). The van der Waals surface area contributed by atoms with Crippen LogP contribution in [0.15, 0.2) is 90.3 Å². The van der Waals surface area contributed by atoms with E-state index >= 15 is 0 Å². The maximum Gasteiger partial charge on any atom is 0.291 e. The molecular formula is C43H42N8O7. The van der Waals surface area contributed by atoms with Crippen molar-refractivity contribution in [2.24, 2.45) is 19.1 Å². The highest BCUT2D eigenvalue weighted by atomic mass is 16.5. The Bertz CT molecular complexity index is 2600. The molecule has 2 aliphatic rings. The number of carbonyl (C=O) groups excluding carboxylic acids is 4. The zero-order valence-electron chi connectivity index (χ0n) is 32.5. The molecule has 3 amide bonds. The van der Waals surface area contributed by atoms with Gasteiger partial charge in [0.15, 0.2) is 17.3 Å². The lowest BCUT2D eigenvalue weighted by atomic mass is 10.1. The summed E-state index contributed by atoms with van der Waals surface area (Å²) < 4.78 is 21.7. The molecule has 5 heterocycles. The van der Waals surface area contributed by atoms with Crippen LogP contribution in [0.1, 0.15) is 57.1 Å². The summed E-state index contributed by atoms with van der Waals surface area (Å²) in [7, 11) is 6.62. The highest BCUT2D eigenvalue weighted by Crippen LogP contribution is 2.38. The minimum absolute atomic E-state index is 0.00296. The first-order chi connectivity index (χ1) is 28.1. The van der Waals surface area contributed by atoms with Crippen molar-refractivity contribution in [3.63, 3.8) is 0 Å². The van der Waals surface area contributed by atoms with E-state index in [2.05, 4.69) is 20.6 Å². The Morgan fingerprint density at radius 1 is 0.879 bits per heavy atom. The average Bonchev–Trinajstić information content (AvgIpc) is 4.03. The Balaban J connectivity index is 0.840. The second kappa shape index (κ2) is 15.8. The van der Waals surface area contributed by atoms with Gasteiger partial charge in [-0.3, -0.25) is 28.7 Å². The van der Waals surface area contributed by atoms with Crippen LogP contribution in [-0.4, -0.2) is 86.8 Å². The number of methoxy groups -OCH3 is 2. The fraction of sp³-hybridized carbons (Fsp3) is 0.256. The van der Waals surface area contributed by atoms with Crippen molar-refractivity contribution >= 4 is 57.9 Å². The molecule has 15 nitrogen and oxygen atoms in total. The second-order valence-electron chi connectivity index (χ2n) is 14.2. The quantitative estimate of drug-likeness (QED) is 0.134. The smallest absolute Gasteiger partial charge is 0.291 e. The molecular weight excluding hydrogens is 741 g/mol. The van der Waals surface area contributed by atoms with E-state index in [1.807, 2.05) is 66.8 Å². The fourth-order valence-corrected chi connectivity index (χ4v) is 7.39. The summed E-state index contributed by atoms with van der Waals surface area (Å²) in [6.07, 6.45) is 9.41. The molecule has 2 N–H and O–H groups in total. The Hall–Kier alpha value is -7.16. The molecule has 1 atom stereocenters. The van der Waals surface area contributed by atoms with Crippen LogP contribution in [0.5, 0.6) is 17.2 Å². The van der Waals surface area contributed by atoms with E-state index in [0.29, 0.717) is 47.1 Å². The molecule has 3 aromatic carbocycles. The van der Waals surface area contributed by atoms with Crippen LogP contribution in [0.4, 0.5) is 17.2 Å². The van der Waals surface area contributed by atoms with E-state index in [1.165, 1.54) is 11.7 Å². The van der Waals surface area contributed by atoms with Gasteiger partial charge in [-0.25, -0.2) is 4.98 Å². The van der Waals surface area contributed by atoms with Crippen molar-refractivity contribution in [2.45, 2.75) is 31.7 Å². The van der Waals surface area contributed by atoms with Crippen molar-refractivity contribution in [1.82, 2.24) is 23.6 Å². The molecule has 58 heavy (non-hydrogen) atoms. The molecule has 0 spiro atoms. The first-order valence-electron chi connectivity index (χ1n) is 18.9. The fourth-order valence-electron chi connectivity index (χ4n) is 7.39.